The van der Waals surface area contributed by atoms with Crippen molar-refractivity contribution in [2.75, 3.05) is 37.0 Å². The van der Waals surface area contributed by atoms with Crippen molar-refractivity contribution in [2.45, 2.75) is 33.7 Å². The summed E-state index contributed by atoms with van der Waals surface area (Å²) in [6.45, 7) is 8.14. The van der Waals surface area contributed by atoms with Crippen molar-refractivity contribution in [1.82, 2.24) is 24.7 Å². The summed E-state index contributed by atoms with van der Waals surface area (Å²) in [5, 5.41) is 8.73. The van der Waals surface area contributed by atoms with Gasteiger partial charge in [-0.05, 0) is 26.8 Å². The molecule has 0 aliphatic rings. The Hall–Kier alpha value is -3.43. The van der Waals surface area contributed by atoms with Crippen LogP contribution in [0.2, 0.25) is 0 Å². The van der Waals surface area contributed by atoms with Gasteiger partial charge in [0.15, 0.2) is 11.4 Å². The summed E-state index contributed by atoms with van der Waals surface area (Å²) in [5.41, 5.74) is 2.67. The number of nitrogens with one attached hydrogen (secondary N) is 1. The Morgan fingerprint density at radius 1 is 1.26 bits per heavy atom. The summed E-state index contributed by atoms with van der Waals surface area (Å²) in [6.07, 6.45) is 3.56. The summed E-state index contributed by atoms with van der Waals surface area (Å²) >= 11 is 0. The number of carbonyl (C=O) groups excluding carboxylic acids is 1. The van der Waals surface area contributed by atoms with Crippen molar-refractivity contribution < 1.29 is 14.3 Å². The van der Waals surface area contributed by atoms with Crippen molar-refractivity contribution in [3.8, 4) is 5.75 Å². The van der Waals surface area contributed by atoms with E-state index < -0.39 is 0 Å². The zero-order valence-corrected chi connectivity index (χ0v) is 18.7. The number of rotatable bonds is 10. The Bertz CT molecular complexity index is 1030. The van der Waals surface area contributed by atoms with E-state index in [1.807, 2.05) is 27.8 Å². The number of anilines is 2. The molecular formula is C21H29N7O3. The molecule has 0 fully saturated rings. The van der Waals surface area contributed by atoms with Gasteiger partial charge in [0.25, 0.3) is 0 Å². The van der Waals surface area contributed by atoms with Gasteiger partial charge in [-0.3, -0.25) is 9.48 Å². The van der Waals surface area contributed by atoms with Crippen LogP contribution < -0.4 is 15.0 Å². The number of pyridine rings is 1. The average molecular weight is 428 g/mol. The van der Waals surface area contributed by atoms with Gasteiger partial charge in [0, 0.05) is 37.6 Å². The SMILES string of the molecule is CCOc1cnc(NCc2cc3c(C)nn(C)c3nc2N(CC)CCC(=O)OC)nc1. The molecule has 0 saturated carbocycles. The molecule has 0 amide bonds. The van der Waals surface area contributed by atoms with Crippen molar-refractivity contribution in [1.29, 1.82) is 0 Å². The van der Waals surface area contributed by atoms with Gasteiger partial charge in [-0.25, -0.2) is 15.0 Å². The number of fused-ring (bicyclic) bond motifs is 1. The monoisotopic (exact) mass is 427 g/mol. The number of carbonyl (C=O) groups is 1. The molecule has 3 rings (SSSR count). The van der Waals surface area contributed by atoms with E-state index in [1.54, 1.807) is 17.1 Å². The summed E-state index contributed by atoms with van der Waals surface area (Å²) in [5.74, 6) is 1.66. The molecule has 0 atom stereocenters. The van der Waals surface area contributed by atoms with E-state index in [0.29, 0.717) is 37.9 Å². The van der Waals surface area contributed by atoms with Gasteiger partial charge in [-0.15, -0.1) is 0 Å². The Kier molecular flexibility index (Phi) is 7.22. The maximum Gasteiger partial charge on any atom is 0.307 e. The molecule has 0 aromatic carbocycles. The molecule has 0 radical (unpaired) electrons. The van der Waals surface area contributed by atoms with Crippen LogP contribution in [0.5, 0.6) is 5.75 Å². The van der Waals surface area contributed by atoms with E-state index in [9.17, 15) is 4.79 Å². The maximum atomic E-state index is 11.7. The summed E-state index contributed by atoms with van der Waals surface area (Å²) in [7, 11) is 3.27. The lowest BCUT2D eigenvalue weighted by Crippen LogP contribution is -2.28. The van der Waals surface area contributed by atoms with Gasteiger partial charge in [0.1, 0.15) is 5.82 Å². The molecule has 3 aromatic rings. The molecular weight excluding hydrogens is 398 g/mol. The largest absolute Gasteiger partial charge is 0.491 e. The van der Waals surface area contributed by atoms with Gasteiger partial charge < -0.3 is 19.7 Å². The second kappa shape index (κ2) is 10.1. The number of aromatic nitrogens is 5. The predicted molar refractivity (Wildman–Crippen MR) is 118 cm³/mol. The lowest BCUT2D eigenvalue weighted by atomic mass is 10.1. The van der Waals surface area contributed by atoms with Gasteiger partial charge in [0.05, 0.1) is 38.2 Å². The smallest absolute Gasteiger partial charge is 0.307 e. The molecule has 0 unspecified atom stereocenters. The first kappa shape index (κ1) is 22.3. The number of esters is 1. The first-order chi connectivity index (χ1) is 15.0. The van der Waals surface area contributed by atoms with Crippen LogP contribution in [-0.2, 0) is 23.1 Å². The average Bonchev–Trinajstić information content (AvgIpc) is 3.06. The van der Waals surface area contributed by atoms with Gasteiger partial charge >= 0.3 is 5.97 Å². The molecule has 1 N–H and O–H groups in total. The lowest BCUT2D eigenvalue weighted by molar-refractivity contribution is -0.140. The fourth-order valence-electron chi connectivity index (χ4n) is 3.34. The van der Waals surface area contributed by atoms with Gasteiger partial charge in [-0.2, -0.15) is 5.10 Å². The Labute approximate surface area is 181 Å². The molecule has 0 saturated heterocycles. The first-order valence-electron chi connectivity index (χ1n) is 10.3. The standard InChI is InChI=1S/C21H29N7O3/c1-6-28(9-8-18(29)30-5)19-15(10-17-14(3)26-27(4)20(17)25-19)11-22-21-23-12-16(13-24-21)31-7-2/h10,12-13H,6-9,11H2,1-5H3,(H,22,23,24). The van der Waals surface area contributed by atoms with Crippen molar-refractivity contribution in [3.63, 3.8) is 0 Å². The Balaban J connectivity index is 1.90. The van der Waals surface area contributed by atoms with Crippen molar-refractivity contribution >= 4 is 28.8 Å². The fraction of sp³-hybridized carbons (Fsp3) is 0.476. The molecule has 0 bridgehead atoms. The van der Waals surface area contributed by atoms with Crippen LogP contribution in [0, 0.1) is 6.92 Å². The minimum absolute atomic E-state index is 0.252. The third kappa shape index (κ3) is 5.19. The lowest BCUT2D eigenvalue weighted by Gasteiger charge is -2.24. The highest BCUT2D eigenvalue weighted by Crippen LogP contribution is 2.26. The topological polar surface area (TPSA) is 107 Å². The number of methoxy groups -OCH3 is 1. The van der Waals surface area contributed by atoms with Crippen LogP contribution in [-0.4, -0.2) is 57.5 Å². The molecule has 3 aromatic heterocycles. The number of hydrogen-bond donors (Lipinski definition) is 1. The molecule has 10 nitrogen and oxygen atoms in total. The van der Waals surface area contributed by atoms with Crippen molar-refractivity contribution in [2.24, 2.45) is 7.05 Å². The van der Waals surface area contributed by atoms with E-state index >= 15 is 0 Å². The Morgan fingerprint density at radius 2 is 2.00 bits per heavy atom. The number of ether oxygens (including phenoxy) is 2. The number of nitrogens with zero attached hydrogens (tertiary/aromatic N) is 6. The second-order valence-electron chi connectivity index (χ2n) is 6.99. The van der Waals surface area contributed by atoms with Crippen LogP contribution in [0.25, 0.3) is 11.0 Å². The van der Waals surface area contributed by atoms with E-state index in [2.05, 4.69) is 31.3 Å². The molecule has 166 valence electrons. The van der Waals surface area contributed by atoms with Crippen LogP contribution in [0.1, 0.15) is 31.5 Å². The normalized spacial score (nSPS) is 10.9. The highest BCUT2D eigenvalue weighted by molar-refractivity contribution is 5.82. The molecule has 0 aliphatic carbocycles. The van der Waals surface area contributed by atoms with E-state index in [0.717, 1.165) is 28.1 Å². The third-order valence-electron chi connectivity index (χ3n) is 4.93. The predicted octanol–water partition coefficient (Wildman–Crippen LogP) is 2.47. The van der Waals surface area contributed by atoms with Gasteiger partial charge in [0.2, 0.25) is 5.95 Å². The minimum Gasteiger partial charge on any atom is -0.491 e. The zero-order chi connectivity index (χ0) is 22.4. The molecule has 0 spiro atoms. The molecule has 0 aliphatic heterocycles. The van der Waals surface area contributed by atoms with Gasteiger partial charge in [-0.1, -0.05) is 0 Å². The highest BCUT2D eigenvalue weighted by Gasteiger charge is 2.18. The molecule has 31 heavy (non-hydrogen) atoms. The van der Waals surface area contributed by atoms with Crippen LogP contribution in [0.4, 0.5) is 11.8 Å². The van der Waals surface area contributed by atoms with Crippen LogP contribution in [0.15, 0.2) is 18.5 Å². The number of aryl methyl sites for hydroxylation is 2. The van der Waals surface area contributed by atoms with Crippen LogP contribution in [0.3, 0.4) is 0 Å². The molecule has 10 heteroatoms. The quantitative estimate of drug-likeness (QED) is 0.488. The third-order valence-corrected chi connectivity index (χ3v) is 4.93. The summed E-state index contributed by atoms with van der Waals surface area (Å²) in [6, 6.07) is 2.09. The van der Waals surface area contributed by atoms with E-state index in [-0.39, 0.29) is 12.4 Å². The summed E-state index contributed by atoms with van der Waals surface area (Å²) < 4.78 is 12.0. The highest BCUT2D eigenvalue weighted by atomic mass is 16.5. The minimum atomic E-state index is -0.252. The van der Waals surface area contributed by atoms with E-state index in [4.69, 9.17) is 14.5 Å². The van der Waals surface area contributed by atoms with Crippen molar-refractivity contribution in [3.05, 3.63) is 29.7 Å². The molecule has 3 heterocycles. The van der Waals surface area contributed by atoms with Crippen LogP contribution >= 0.6 is 0 Å². The van der Waals surface area contributed by atoms with E-state index in [1.165, 1.54) is 7.11 Å². The Morgan fingerprint density at radius 3 is 2.65 bits per heavy atom. The maximum absolute atomic E-state index is 11.7. The first-order valence-corrected chi connectivity index (χ1v) is 10.3. The second-order valence-corrected chi connectivity index (χ2v) is 6.99. The zero-order valence-electron chi connectivity index (χ0n) is 18.7. The number of hydrogen-bond acceptors (Lipinski definition) is 9. The summed E-state index contributed by atoms with van der Waals surface area (Å²) in [4.78, 5) is 27.2. The fourth-order valence-corrected chi connectivity index (χ4v) is 3.34.